The van der Waals surface area contributed by atoms with Gasteiger partial charge >= 0.3 is 0 Å². The summed E-state index contributed by atoms with van der Waals surface area (Å²) in [5, 5.41) is 6.89. The summed E-state index contributed by atoms with van der Waals surface area (Å²) in [5.74, 6) is 0.649. The topological polar surface area (TPSA) is 56.7 Å². The predicted octanol–water partition coefficient (Wildman–Crippen LogP) is 3.34. The van der Waals surface area contributed by atoms with Crippen LogP contribution in [0.15, 0.2) is 42.6 Å². The fourth-order valence-corrected chi connectivity index (χ4v) is 4.86. The van der Waals surface area contributed by atoms with Crippen LogP contribution in [0.2, 0.25) is 0 Å². The lowest BCUT2D eigenvalue weighted by atomic mass is 9.90. The molecular formula is C23H29N3O2. The number of nitrogens with zero attached hydrogens (tertiary/aromatic N) is 3. The van der Waals surface area contributed by atoms with Crippen LogP contribution in [-0.2, 0) is 17.6 Å². The summed E-state index contributed by atoms with van der Waals surface area (Å²) in [6, 6.07) is 14.3. The number of carboxylic acid groups (broad SMARTS) is 1. The highest BCUT2D eigenvalue weighted by atomic mass is 16.3. The van der Waals surface area contributed by atoms with Gasteiger partial charge in [-0.2, -0.15) is 0 Å². The van der Waals surface area contributed by atoms with Crippen molar-refractivity contribution >= 4 is 12.2 Å². The molecule has 5 heteroatoms. The third-order valence-electron chi connectivity index (χ3n) is 6.44. The molecule has 0 saturated carbocycles. The molecule has 148 valence electrons. The van der Waals surface area contributed by atoms with E-state index >= 15 is 0 Å². The highest BCUT2D eigenvalue weighted by Crippen LogP contribution is 2.33. The molecule has 0 radical (unpaired) electrons. The van der Waals surface area contributed by atoms with Crippen molar-refractivity contribution in [1.29, 1.82) is 0 Å². The Labute approximate surface area is 167 Å². The van der Waals surface area contributed by atoms with Gasteiger partial charge in [-0.05, 0) is 67.5 Å². The molecule has 0 atom stereocenters. The second-order valence-corrected chi connectivity index (χ2v) is 8.04. The van der Waals surface area contributed by atoms with Crippen molar-refractivity contribution in [3.8, 4) is 0 Å². The Morgan fingerprint density at radius 3 is 2.50 bits per heavy atom. The van der Waals surface area contributed by atoms with Crippen LogP contribution in [0.1, 0.15) is 42.0 Å². The van der Waals surface area contributed by atoms with Crippen molar-refractivity contribution in [2.75, 3.05) is 31.1 Å². The highest BCUT2D eigenvalue weighted by Gasteiger charge is 2.35. The van der Waals surface area contributed by atoms with Crippen molar-refractivity contribution < 1.29 is 9.90 Å². The van der Waals surface area contributed by atoms with Gasteiger partial charge in [-0.1, -0.05) is 12.1 Å². The van der Waals surface area contributed by atoms with Crippen LogP contribution >= 0.6 is 0 Å². The zero-order valence-electron chi connectivity index (χ0n) is 16.3. The standard InChI is InChI=1S/C22H27N3.CH2O2/c1-2-11-23-22(6-1)19-15-25(16-19)20-9-12-24(13-10-20)21-8-7-17-4-3-5-18(17)14-21;2-1-3/h1-2,6-8,11,14,19-20H,3-5,9-10,12-13,15-16H2;1H,(H,2,3). The van der Waals surface area contributed by atoms with Gasteiger partial charge in [-0.3, -0.25) is 14.7 Å². The van der Waals surface area contributed by atoms with Crippen molar-refractivity contribution in [3.05, 3.63) is 59.4 Å². The summed E-state index contributed by atoms with van der Waals surface area (Å²) >= 11 is 0. The molecule has 0 amide bonds. The van der Waals surface area contributed by atoms with Crippen LogP contribution in [0.4, 0.5) is 5.69 Å². The maximum atomic E-state index is 8.36. The van der Waals surface area contributed by atoms with Gasteiger partial charge in [0.1, 0.15) is 0 Å². The third-order valence-corrected chi connectivity index (χ3v) is 6.44. The first kappa shape index (κ1) is 18.9. The fourth-order valence-electron chi connectivity index (χ4n) is 4.86. The van der Waals surface area contributed by atoms with Gasteiger partial charge in [-0.15, -0.1) is 0 Å². The maximum Gasteiger partial charge on any atom is 0.290 e. The summed E-state index contributed by atoms with van der Waals surface area (Å²) in [6.07, 6.45) is 8.42. The number of fused-ring (bicyclic) bond motifs is 1. The van der Waals surface area contributed by atoms with E-state index in [1.54, 1.807) is 11.1 Å². The first-order valence-electron chi connectivity index (χ1n) is 10.4. The number of pyridine rings is 1. The van der Waals surface area contributed by atoms with E-state index in [0.29, 0.717) is 5.92 Å². The lowest BCUT2D eigenvalue weighted by Crippen LogP contribution is -2.54. The van der Waals surface area contributed by atoms with Gasteiger partial charge in [0.2, 0.25) is 0 Å². The quantitative estimate of drug-likeness (QED) is 0.829. The molecule has 5 rings (SSSR count). The SMILES string of the molecule is O=CO.c1ccc(C2CN(C3CCN(c4ccc5c(c4)CCC5)CC3)C2)nc1. The Balaban J connectivity index is 0.000000604. The van der Waals surface area contributed by atoms with Crippen LogP contribution in [0.25, 0.3) is 0 Å². The molecule has 3 heterocycles. The number of hydrogen-bond donors (Lipinski definition) is 1. The molecule has 0 bridgehead atoms. The number of anilines is 1. The Bertz CT molecular complexity index is 782. The summed E-state index contributed by atoms with van der Waals surface area (Å²) in [7, 11) is 0. The fraction of sp³-hybridized carbons (Fsp3) is 0.478. The predicted molar refractivity (Wildman–Crippen MR) is 111 cm³/mol. The molecule has 3 aliphatic rings. The molecule has 1 N–H and O–H groups in total. The molecule has 1 aliphatic carbocycles. The minimum Gasteiger partial charge on any atom is -0.483 e. The first-order valence-corrected chi connectivity index (χ1v) is 10.4. The van der Waals surface area contributed by atoms with E-state index in [1.165, 1.54) is 69.7 Å². The van der Waals surface area contributed by atoms with Crippen molar-refractivity contribution in [1.82, 2.24) is 9.88 Å². The number of carbonyl (C=O) groups is 1. The Morgan fingerprint density at radius 1 is 1.04 bits per heavy atom. The van der Waals surface area contributed by atoms with Crippen molar-refractivity contribution in [2.24, 2.45) is 0 Å². The largest absolute Gasteiger partial charge is 0.483 e. The number of piperidine rings is 1. The smallest absolute Gasteiger partial charge is 0.290 e. The van der Waals surface area contributed by atoms with E-state index in [9.17, 15) is 0 Å². The van der Waals surface area contributed by atoms with Crippen LogP contribution in [0.5, 0.6) is 0 Å². The number of aromatic nitrogens is 1. The molecule has 1 aromatic carbocycles. The lowest BCUT2D eigenvalue weighted by molar-refractivity contribution is -0.122. The lowest BCUT2D eigenvalue weighted by Gasteiger charge is -2.47. The highest BCUT2D eigenvalue weighted by molar-refractivity contribution is 5.52. The van der Waals surface area contributed by atoms with E-state index < -0.39 is 0 Å². The van der Waals surface area contributed by atoms with Crippen LogP contribution in [-0.4, -0.2) is 53.7 Å². The average Bonchev–Trinajstić information content (AvgIpc) is 3.17. The minimum atomic E-state index is -0.250. The number of likely N-dealkylation sites (tertiary alicyclic amines) is 1. The second-order valence-electron chi connectivity index (χ2n) is 8.04. The van der Waals surface area contributed by atoms with E-state index in [-0.39, 0.29) is 6.47 Å². The molecule has 2 saturated heterocycles. The van der Waals surface area contributed by atoms with Crippen LogP contribution in [0, 0.1) is 0 Å². The van der Waals surface area contributed by atoms with Gasteiger partial charge in [-0.25, -0.2) is 0 Å². The zero-order chi connectivity index (χ0) is 19.3. The number of rotatable bonds is 3. The van der Waals surface area contributed by atoms with Gasteiger partial charge in [0.15, 0.2) is 0 Å². The number of aryl methyl sites for hydroxylation is 2. The molecule has 1 aromatic heterocycles. The third kappa shape index (κ3) is 4.04. The summed E-state index contributed by atoms with van der Waals surface area (Å²) in [5.41, 5.74) is 5.91. The van der Waals surface area contributed by atoms with E-state index in [4.69, 9.17) is 9.90 Å². The van der Waals surface area contributed by atoms with Gasteiger partial charge in [0.25, 0.3) is 6.47 Å². The normalized spacial score (nSPS) is 20.1. The average molecular weight is 380 g/mol. The molecule has 5 nitrogen and oxygen atoms in total. The van der Waals surface area contributed by atoms with Crippen molar-refractivity contribution in [2.45, 2.75) is 44.1 Å². The van der Waals surface area contributed by atoms with Crippen LogP contribution < -0.4 is 4.90 Å². The first-order chi connectivity index (χ1) is 13.8. The van der Waals surface area contributed by atoms with E-state index in [2.05, 4.69) is 45.1 Å². The monoisotopic (exact) mass is 379 g/mol. The van der Waals surface area contributed by atoms with E-state index in [0.717, 1.165) is 6.04 Å². The van der Waals surface area contributed by atoms with Gasteiger partial charge in [0, 0.05) is 55.7 Å². The zero-order valence-corrected chi connectivity index (χ0v) is 16.3. The van der Waals surface area contributed by atoms with Crippen LogP contribution in [0.3, 0.4) is 0 Å². The molecule has 28 heavy (non-hydrogen) atoms. The van der Waals surface area contributed by atoms with Gasteiger partial charge in [0.05, 0.1) is 0 Å². The Kier molecular flexibility index (Phi) is 5.91. The Hall–Kier alpha value is -2.40. The molecule has 0 unspecified atom stereocenters. The van der Waals surface area contributed by atoms with E-state index in [1.807, 2.05) is 12.3 Å². The molecule has 2 aliphatic heterocycles. The summed E-state index contributed by atoms with van der Waals surface area (Å²) in [6.45, 7) is 4.55. The molecular weight excluding hydrogens is 350 g/mol. The molecule has 2 fully saturated rings. The minimum absolute atomic E-state index is 0.250. The second kappa shape index (κ2) is 8.74. The number of benzene rings is 1. The van der Waals surface area contributed by atoms with Gasteiger partial charge < -0.3 is 10.0 Å². The molecule has 2 aromatic rings. The summed E-state index contributed by atoms with van der Waals surface area (Å²) < 4.78 is 0. The maximum absolute atomic E-state index is 8.36. The summed E-state index contributed by atoms with van der Waals surface area (Å²) in [4.78, 5) is 18.2. The Morgan fingerprint density at radius 2 is 1.79 bits per heavy atom. The van der Waals surface area contributed by atoms with Crippen molar-refractivity contribution in [3.63, 3.8) is 0 Å². The number of hydrogen-bond acceptors (Lipinski definition) is 4. The molecule has 0 spiro atoms.